The highest BCUT2D eigenvalue weighted by Gasteiger charge is 2.20. The number of benzene rings is 1. The summed E-state index contributed by atoms with van der Waals surface area (Å²) in [6, 6.07) is 7.75. The SMILES string of the molecule is CCC[C@H]1CC[C@H](CCc2ccc(C(=O)Cl)cc2)CC1. The Hall–Kier alpha value is -0.820. The van der Waals surface area contributed by atoms with Crippen molar-refractivity contribution in [1.82, 2.24) is 0 Å². The largest absolute Gasteiger partial charge is 0.276 e. The summed E-state index contributed by atoms with van der Waals surface area (Å²) in [6.45, 7) is 2.29. The average molecular weight is 293 g/mol. The van der Waals surface area contributed by atoms with Crippen molar-refractivity contribution in [2.75, 3.05) is 0 Å². The zero-order valence-corrected chi connectivity index (χ0v) is 13.2. The molecule has 1 aromatic rings. The van der Waals surface area contributed by atoms with Crippen molar-refractivity contribution >= 4 is 16.8 Å². The Bertz CT molecular complexity index is 416. The fraction of sp³-hybridized carbons (Fsp3) is 0.611. The molecule has 2 rings (SSSR count). The van der Waals surface area contributed by atoms with E-state index in [1.165, 1.54) is 50.5 Å². The van der Waals surface area contributed by atoms with Crippen molar-refractivity contribution in [3.63, 3.8) is 0 Å². The number of hydrogen-bond acceptors (Lipinski definition) is 1. The van der Waals surface area contributed by atoms with E-state index in [1.807, 2.05) is 24.3 Å². The monoisotopic (exact) mass is 292 g/mol. The number of hydrogen-bond donors (Lipinski definition) is 0. The van der Waals surface area contributed by atoms with Crippen molar-refractivity contribution in [2.24, 2.45) is 11.8 Å². The molecule has 0 aliphatic heterocycles. The predicted octanol–water partition coefficient (Wildman–Crippen LogP) is 5.60. The van der Waals surface area contributed by atoms with E-state index < -0.39 is 0 Å². The van der Waals surface area contributed by atoms with Crippen LogP contribution in [0.25, 0.3) is 0 Å². The van der Waals surface area contributed by atoms with Gasteiger partial charge in [-0.3, -0.25) is 4.79 Å². The van der Waals surface area contributed by atoms with E-state index in [0.29, 0.717) is 5.56 Å². The molecule has 1 fully saturated rings. The van der Waals surface area contributed by atoms with Gasteiger partial charge in [0.1, 0.15) is 0 Å². The van der Waals surface area contributed by atoms with Gasteiger partial charge in [-0.15, -0.1) is 0 Å². The van der Waals surface area contributed by atoms with Crippen molar-refractivity contribution in [1.29, 1.82) is 0 Å². The summed E-state index contributed by atoms with van der Waals surface area (Å²) in [5.41, 5.74) is 1.91. The lowest BCUT2D eigenvalue weighted by atomic mass is 9.78. The highest BCUT2D eigenvalue weighted by Crippen LogP contribution is 2.33. The van der Waals surface area contributed by atoms with Gasteiger partial charge < -0.3 is 0 Å². The van der Waals surface area contributed by atoms with Gasteiger partial charge in [0.2, 0.25) is 0 Å². The third-order valence-electron chi connectivity index (χ3n) is 4.69. The van der Waals surface area contributed by atoms with Crippen LogP contribution in [-0.2, 0) is 6.42 Å². The maximum absolute atomic E-state index is 11.0. The van der Waals surface area contributed by atoms with E-state index in [1.54, 1.807) is 0 Å². The summed E-state index contributed by atoms with van der Waals surface area (Å²) in [5, 5.41) is -0.370. The highest BCUT2D eigenvalue weighted by molar-refractivity contribution is 6.67. The first-order valence-corrected chi connectivity index (χ1v) is 8.35. The van der Waals surface area contributed by atoms with E-state index in [2.05, 4.69) is 6.92 Å². The lowest BCUT2D eigenvalue weighted by Crippen LogP contribution is -2.15. The number of aryl methyl sites for hydroxylation is 1. The molecule has 0 bridgehead atoms. The van der Waals surface area contributed by atoms with Crippen LogP contribution >= 0.6 is 11.6 Å². The van der Waals surface area contributed by atoms with Crippen LogP contribution in [-0.4, -0.2) is 5.24 Å². The van der Waals surface area contributed by atoms with E-state index in [4.69, 9.17) is 11.6 Å². The van der Waals surface area contributed by atoms with Gasteiger partial charge in [0, 0.05) is 5.56 Å². The minimum atomic E-state index is -0.370. The van der Waals surface area contributed by atoms with Crippen molar-refractivity contribution in [3.05, 3.63) is 35.4 Å². The second-order valence-electron chi connectivity index (χ2n) is 6.18. The number of carbonyl (C=O) groups excluding carboxylic acids is 1. The summed E-state index contributed by atoms with van der Waals surface area (Å²) in [6.07, 6.45) is 10.8. The Labute approximate surface area is 127 Å². The smallest absolute Gasteiger partial charge is 0.252 e. The van der Waals surface area contributed by atoms with Gasteiger partial charge in [-0.05, 0) is 54.0 Å². The van der Waals surface area contributed by atoms with Crippen molar-refractivity contribution in [2.45, 2.75) is 58.3 Å². The molecule has 1 nitrogen and oxygen atoms in total. The molecule has 0 aromatic heterocycles. The van der Waals surface area contributed by atoms with Crippen LogP contribution in [0.1, 0.15) is 67.8 Å². The van der Waals surface area contributed by atoms with E-state index in [9.17, 15) is 4.79 Å². The number of carbonyl (C=O) groups is 1. The Morgan fingerprint density at radius 3 is 2.10 bits per heavy atom. The Balaban J connectivity index is 1.74. The zero-order chi connectivity index (χ0) is 14.4. The molecule has 1 aliphatic rings. The van der Waals surface area contributed by atoms with Crippen LogP contribution in [0.15, 0.2) is 24.3 Å². The van der Waals surface area contributed by atoms with Crippen molar-refractivity contribution < 1.29 is 4.79 Å². The molecule has 20 heavy (non-hydrogen) atoms. The van der Waals surface area contributed by atoms with Gasteiger partial charge in [-0.25, -0.2) is 0 Å². The number of rotatable bonds is 6. The zero-order valence-electron chi connectivity index (χ0n) is 12.4. The highest BCUT2D eigenvalue weighted by atomic mass is 35.5. The van der Waals surface area contributed by atoms with Gasteiger partial charge in [0.05, 0.1) is 0 Å². The molecule has 1 aromatic carbocycles. The lowest BCUT2D eigenvalue weighted by Gasteiger charge is -2.28. The summed E-state index contributed by atoms with van der Waals surface area (Å²) in [4.78, 5) is 11.0. The fourth-order valence-corrected chi connectivity index (χ4v) is 3.52. The topological polar surface area (TPSA) is 17.1 Å². The summed E-state index contributed by atoms with van der Waals surface area (Å²) >= 11 is 5.45. The number of halogens is 1. The molecule has 0 heterocycles. The summed E-state index contributed by atoms with van der Waals surface area (Å²) in [5.74, 6) is 1.89. The average Bonchev–Trinajstić information content (AvgIpc) is 2.47. The molecule has 0 radical (unpaired) electrons. The molecule has 0 N–H and O–H groups in total. The second kappa shape index (κ2) is 7.83. The second-order valence-corrected chi connectivity index (χ2v) is 6.53. The first kappa shape index (κ1) is 15.6. The van der Waals surface area contributed by atoms with Crippen LogP contribution in [0.3, 0.4) is 0 Å². The van der Waals surface area contributed by atoms with Crippen LogP contribution in [0.4, 0.5) is 0 Å². The molecular formula is C18H25ClO. The molecule has 0 amide bonds. The third kappa shape index (κ3) is 4.63. The molecule has 0 atom stereocenters. The maximum atomic E-state index is 11.0. The van der Waals surface area contributed by atoms with Gasteiger partial charge in [0.25, 0.3) is 5.24 Å². The van der Waals surface area contributed by atoms with Crippen LogP contribution < -0.4 is 0 Å². The molecule has 1 saturated carbocycles. The fourth-order valence-electron chi connectivity index (χ4n) is 3.39. The molecule has 0 saturated heterocycles. The van der Waals surface area contributed by atoms with Crippen molar-refractivity contribution in [3.8, 4) is 0 Å². The van der Waals surface area contributed by atoms with Gasteiger partial charge in [0.15, 0.2) is 0 Å². The molecule has 1 aliphatic carbocycles. The molecule has 0 unspecified atom stereocenters. The molecular weight excluding hydrogens is 268 g/mol. The third-order valence-corrected chi connectivity index (χ3v) is 4.90. The summed E-state index contributed by atoms with van der Waals surface area (Å²) < 4.78 is 0. The minimum absolute atomic E-state index is 0.370. The van der Waals surface area contributed by atoms with Gasteiger partial charge in [-0.1, -0.05) is 57.6 Å². The van der Waals surface area contributed by atoms with E-state index in [-0.39, 0.29) is 5.24 Å². The predicted molar refractivity (Wildman–Crippen MR) is 85.3 cm³/mol. The Morgan fingerprint density at radius 1 is 1.05 bits per heavy atom. The Morgan fingerprint density at radius 2 is 1.60 bits per heavy atom. The summed E-state index contributed by atoms with van der Waals surface area (Å²) in [7, 11) is 0. The Kier molecular flexibility index (Phi) is 6.09. The van der Waals surface area contributed by atoms with Crippen LogP contribution in [0.5, 0.6) is 0 Å². The quantitative estimate of drug-likeness (QED) is 0.623. The van der Waals surface area contributed by atoms with Gasteiger partial charge in [-0.2, -0.15) is 0 Å². The first-order chi connectivity index (χ1) is 9.69. The molecule has 110 valence electrons. The van der Waals surface area contributed by atoms with Crippen LogP contribution in [0.2, 0.25) is 0 Å². The first-order valence-electron chi connectivity index (χ1n) is 7.97. The van der Waals surface area contributed by atoms with E-state index >= 15 is 0 Å². The lowest BCUT2D eigenvalue weighted by molar-refractivity contribution is 0.108. The standard InChI is InChI=1S/C18H25ClO/c1-2-3-14-4-6-15(7-5-14)8-9-16-10-12-17(13-11-16)18(19)20/h10-15H,2-9H2,1H3/t14-,15-. The van der Waals surface area contributed by atoms with Gasteiger partial charge >= 0.3 is 0 Å². The molecule has 2 heteroatoms. The van der Waals surface area contributed by atoms with Crippen LogP contribution in [0, 0.1) is 11.8 Å². The molecule has 0 spiro atoms. The van der Waals surface area contributed by atoms with E-state index in [0.717, 1.165) is 18.3 Å². The normalized spacial score (nSPS) is 22.7. The minimum Gasteiger partial charge on any atom is -0.276 e. The maximum Gasteiger partial charge on any atom is 0.252 e.